The second-order valence-electron chi connectivity index (χ2n) is 6.54. The molecule has 1 saturated heterocycles. The Balaban J connectivity index is 1.85. The molecule has 2 heterocycles. The van der Waals surface area contributed by atoms with E-state index >= 15 is 0 Å². The summed E-state index contributed by atoms with van der Waals surface area (Å²) in [5.41, 5.74) is 3.63. The molecule has 1 fully saturated rings. The van der Waals surface area contributed by atoms with Crippen LogP contribution in [0, 0.1) is 27.7 Å². The maximum atomic E-state index is 13.2. The highest BCUT2D eigenvalue weighted by molar-refractivity contribution is 7.89. The standard InChI is InChI=1S/C18H23N3O3S/c1-12-10-13(2)15(4)18(14(12)3)25(22,23)21-9-7-16(11-21)24-17-6-5-8-19-20-17/h5-6,8,10,16H,7,9,11H2,1-4H3. The zero-order valence-electron chi connectivity index (χ0n) is 15.0. The molecule has 0 N–H and O–H groups in total. The molecule has 1 atom stereocenters. The summed E-state index contributed by atoms with van der Waals surface area (Å²) in [6.07, 6.45) is 2.00. The fourth-order valence-electron chi connectivity index (χ4n) is 3.23. The first-order chi connectivity index (χ1) is 11.8. The van der Waals surface area contributed by atoms with Gasteiger partial charge in [0, 0.05) is 18.8 Å². The summed E-state index contributed by atoms with van der Waals surface area (Å²) < 4.78 is 33.7. The van der Waals surface area contributed by atoms with E-state index in [1.165, 1.54) is 4.31 Å². The Bertz CT molecular complexity index is 856. The lowest BCUT2D eigenvalue weighted by atomic mass is 10.0. The summed E-state index contributed by atoms with van der Waals surface area (Å²) in [7, 11) is -3.55. The average molecular weight is 361 g/mol. The largest absolute Gasteiger partial charge is 0.472 e. The molecule has 0 bridgehead atoms. The van der Waals surface area contributed by atoms with Gasteiger partial charge in [-0.3, -0.25) is 0 Å². The molecule has 134 valence electrons. The Morgan fingerprint density at radius 1 is 1.16 bits per heavy atom. The normalized spacial score (nSPS) is 18.5. The van der Waals surface area contributed by atoms with E-state index in [-0.39, 0.29) is 6.10 Å². The van der Waals surface area contributed by atoms with Crippen LogP contribution in [0.2, 0.25) is 0 Å². The first kappa shape index (κ1) is 17.8. The third-order valence-electron chi connectivity index (χ3n) is 4.84. The molecule has 1 aliphatic heterocycles. The van der Waals surface area contributed by atoms with Crippen LogP contribution in [0.3, 0.4) is 0 Å². The second-order valence-corrected chi connectivity index (χ2v) is 8.42. The van der Waals surface area contributed by atoms with Gasteiger partial charge in [0.1, 0.15) is 6.10 Å². The summed E-state index contributed by atoms with van der Waals surface area (Å²) >= 11 is 0. The first-order valence-corrected chi connectivity index (χ1v) is 9.76. The monoisotopic (exact) mass is 361 g/mol. The third kappa shape index (κ3) is 3.39. The van der Waals surface area contributed by atoms with Gasteiger partial charge in [0.15, 0.2) is 0 Å². The molecule has 0 radical (unpaired) electrons. The Kier molecular flexibility index (Phi) is 4.79. The quantitative estimate of drug-likeness (QED) is 0.837. The van der Waals surface area contributed by atoms with E-state index in [0.29, 0.717) is 30.3 Å². The molecule has 1 aromatic heterocycles. The highest BCUT2D eigenvalue weighted by atomic mass is 32.2. The molecule has 7 heteroatoms. The van der Waals surface area contributed by atoms with Crippen molar-refractivity contribution in [3.8, 4) is 5.88 Å². The van der Waals surface area contributed by atoms with Crippen LogP contribution in [0.25, 0.3) is 0 Å². The van der Waals surface area contributed by atoms with Crippen molar-refractivity contribution in [1.29, 1.82) is 0 Å². The number of benzene rings is 1. The molecule has 2 aromatic rings. The lowest BCUT2D eigenvalue weighted by Gasteiger charge is -2.21. The Labute approximate surface area is 148 Å². The van der Waals surface area contributed by atoms with E-state index in [2.05, 4.69) is 10.2 Å². The van der Waals surface area contributed by atoms with Gasteiger partial charge in [0.05, 0.1) is 11.4 Å². The number of nitrogens with zero attached hydrogens (tertiary/aromatic N) is 3. The van der Waals surface area contributed by atoms with E-state index < -0.39 is 10.0 Å². The minimum absolute atomic E-state index is 0.210. The second kappa shape index (κ2) is 6.72. The number of aryl methyl sites for hydroxylation is 2. The smallest absolute Gasteiger partial charge is 0.243 e. The van der Waals surface area contributed by atoms with Gasteiger partial charge in [0.2, 0.25) is 15.9 Å². The SMILES string of the molecule is Cc1cc(C)c(C)c(S(=O)(=O)N2CCC(Oc3cccnn3)C2)c1C. The Hall–Kier alpha value is -1.99. The molecule has 0 spiro atoms. The van der Waals surface area contributed by atoms with Crippen LogP contribution < -0.4 is 4.74 Å². The lowest BCUT2D eigenvalue weighted by Crippen LogP contribution is -2.32. The number of hydrogen-bond acceptors (Lipinski definition) is 5. The van der Waals surface area contributed by atoms with Crippen LogP contribution in [-0.4, -0.2) is 42.1 Å². The van der Waals surface area contributed by atoms with Crippen molar-refractivity contribution >= 4 is 10.0 Å². The van der Waals surface area contributed by atoms with E-state index in [1.54, 1.807) is 18.3 Å². The summed E-state index contributed by atoms with van der Waals surface area (Å²) in [6, 6.07) is 5.50. The van der Waals surface area contributed by atoms with Crippen LogP contribution in [0.5, 0.6) is 5.88 Å². The molecular formula is C18H23N3O3S. The van der Waals surface area contributed by atoms with Crippen molar-refractivity contribution in [2.45, 2.75) is 45.1 Å². The molecule has 6 nitrogen and oxygen atoms in total. The topological polar surface area (TPSA) is 72.4 Å². The zero-order valence-corrected chi connectivity index (χ0v) is 15.8. The molecule has 0 amide bonds. The Morgan fingerprint density at radius 2 is 1.84 bits per heavy atom. The predicted octanol–water partition coefficient (Wildman–Crippen LogP) is 2.55. The molecule has 0 saturated carbocycles. The maximum absolute atomic E-state index is 13.2. The number of hydrogen-bond donors (Lipinski definition) is 0. The zero-order chi connectivity index (χ0) is 18.2. The van der Waals surface area contributed by atoms with Gasteiger partial charge >= 0.3 is 0 Å². The molecule has 1 aliphatic rings. The average Bonchev–Trinajstić information content (AvgIpc) is 3.03. The van der Waals surface area contributed by atoms with Crippen molar-refractivity contribution in [1.82, 2.24) is 14.5 Å². The Morgan fingerprint density at radius 3 is 2.44 bits per heavy atom. The van der Waals surface area contributed by atoms with Gasteiger partial charge in [0.25, 0.3) is 0 Å². The van der Waals surface area contributed by atoms with Gasteiger partial charge in [-0.1, -0.05) is 6.07 Å². The molecule has 1 unspecified atom stereocenters. The fourth-order valence-corrected chi connectivity index (χ4v) is 5.29. The number of sulfonamides is 1. The summed E-state index contributed by atoms with van der Waals surface area (Å²) in [6.45, 7) is 8.41. The number of rotatable bonds is 4. The van der Waals surface area contributed by atoms with Crippen LogP contribution in [0.4, 0.5) is 0 Å². The van der Waals surface area contributed by atoms with Crippen LogP contribution in [-0.2, 0) is 10.0 Å². The van der Waals surface area contributed by atoms with Crippen molar-refractivity contribution in [2.24, 2.45) is 0 Å². The molecular weight excluding hydrogens is 338 g/mol. The van der Waals surface area contributed by atoms with Crippen LogP contribution in [0.15, 0.2) is 29.3 Å². The van der Waals surface area contributed by atoms with E-state index in [4.69, 9.17) is 4.74 Å². The van der Waals surface area contributed by atoms with Crippen molar-refractivity contribution in [3.63, 3.8) is 0 Å². The molecule has 1 aromatic carbocycles. The van der Waals surface area contributed by atoms with Gasteiger partial charge in [-0.15, -0.1) is 5.10 Å². The third-order valence-corrected chi connectivity index (χ3v) is 6.98. The fraction of sp³-hybridized carbons (Fsp3) is 0.444. The molecule has 25 heavy (non-hydrogen) atoms. The lowest BCUT2D eigenvalue weighted by molar-refractivity contribution is 0.204. The van der Waals surface area contributed by atoms with Crippen molar-refractivity contribution in [3.05, 3.63) is 46.6 Å². The highest BCUT2D eigenvalue weighted by Gasteiger charge is 2.36. The van der Waals surface area contributed by atoms with Crippen molar-refractivity contribution in [2.75, 3.05) is 13.1 Å². The van der Waals surface area contributed by atoms with Crippen LogP contribution >= 0.6 is 0 Å². The highest BCUT2D eigenvalue weighted by Crippen LogP contribution is 2.31. The number of aromatic nitrogens is 2. The minimum Gasteiger partial charge on any atom is -0.472 e. The van der Waals surface area contributed by atoms with Gasteiger partial charge in [-0.25, -0.2) is 8.42 Å². The van der Waals surface area contributed by atoms with E-state index in [1.807, 2.05) is 33.8 Å². The van der Waals surface area contributed by atoms with Gasteiger partial charge < -0.3 is 4.74 Å². The minimum atomic E-state index is -3.55. The molecule has 0 aliphatic carbocycles. The molecule has 3 rings (SSSR count). The van der Waals surface area contributed by atoms with Crippen LogP contribution in [0.1, 0.15) is 28.7 Å². The van der Waals surface area contributed by atoms with Gasteiger partial charge in [-0.2, -0.15) is 9.40 Å². The van der Waals surface area contributed by atoms with Gasteiger partial charge in [-0.05, 0) is 62.4 Å². The summed E-state index contributed by atoms with van der Waals surface area (Å²) in [5, 5.41) is 7.68. The predicted molar refractivity (Wildman–Crippen MR) is 95.2 cm³/mol. The van der Waals surface area contributed by atoms with E-state index in [9.17, 15) is 8.42 Å². The van der Waals surface area contributed by atoms with E-state index in [0.717, 1.165) is 22.3 Å². The summed E-state index contributed by atoms with van der Waals surface area (Å²) in [5.74, 6) is 0.422. The first-order valence-electron chi connectivity index (χ1n) is 8.32. The maximum Gasteiger partial charge on any atom is 0.243 e. The van der Waals surface area contributed by atoms with Crippen molar-refractivity contribution < 1.29 is 13.2 Å². The number of ether oxygens (including phenoxy) is 1. The summed E-state index contributed by atoms with van der Waals surface area (Å²) in [4.78, 5) is 0.435.